The van der Waals surface area contributed by atoms with Crippen LogP contribution in [0.3, 0.4) is 0 Å². The summed E-state index contributed by atoms with van der Waals surface area (Å²) in [5, 5.41) is 9.00. The van der Waals surface area contributed by atoms with Crippen molar-refractivity contribution in [3.05, 3.63) is 35.9 Å². The predicted molar refractivity (Wildman–Crippen MR) is 48.2 cm³/mol. The molecule has 0 atom stereocenters. The Bertz CT molecular complexity index is 394. The Morgan fingerprint density at radius 2 is 2.00 bits per heavy atom. The largest absolute Gasteiger partial charge is 0.508 e. The number of allylic oxidation sites excluding steroid dienone is 1. The molecular formula is C10H7F3O2. The van der Waals surface area contributed by atoms with Crippen LogP contribution in [0.15, 0.2) is 30.3 Å². The SMILES string of the molecule is O=C(/C=C/c1cccc(O)c1)C(F)(F)F. The molecule has 0 saturated carbocycles. The van der Waals surface area contributed by atoms with Crippen molar-refractivity contribution in [3.8, 4) is 5.75 Å². The minimum Gasteiger partial charge on any atom is -0.508 e. The fourth-order valence-electron chi connectivity index (χ4n) is 0.895. The summed E-state index contributed by atoms with van der Waals surface area (Å²) in [7, 11) is 0. The van der Waals surface area contributed by atoms with Gasteiger partial charge in [-0.3, -0.25) is 4.79 Å². The van der Waals surface area contributed by atoms with E-state index < -0.39 is 12.0 Å². The summed E-state index contributed by atoms with van der Waals surface area (Å²) >= 11 is 0. The zero-order chi connectivity index (χ0) is 11.5. The number of alkyl halides is 3. The Balaban J connectivity index is 2.79. The van der Waals surface area contributed by atoms with Crippen molar-refractivity contribution in [1.82, 2.24) is 0 Å². The summed E-state index contributed by atoms with van der Waals surface area (Å²) < 4.78 is 35.3. The van der Waals surface area contributed by atoms with E-state index in [1.165, 1.54) is 24.3 Å². The van der Waals surface area contributed by atoms with Crippen LogP contribution in [0.5, 0.6) is 5.75 Å². The standard InChI is InChI=1S/C10H7F3O2/c11-10(12,13)9(15)5-4-7-2-1-3-8(14)6-7/h1-6,14H/b5-4+. The number of carbonyl (C=O) groups excluding carboxylic acids is 1. The van der Waals surface area contributed by atoms with Gasteiger partial charge in [-0.1, -0.05) is 18.2 Å². The molecule has 1 aromatic rings. The first-order valence-corrected chi connectivity index (χ1v) is 3.98. The smallest absolute Gasteiger partial charge is 0.454 e. The molecule has 0 unspecified atom stereocenters. The lowest BCUT2D eigenvalue weighted by Gasteiger charge is -1.99. The maximum atomic E-state index is 11.8. The second-order valence-corrected chi connectivity index (χ2v) is 2.79. The monoisotopic (exact) mass is 216 g/mol. The Labute approximate surface area is 83.7 Å². The highest BCUT2D eigenvalue weighted by Gasteiger charge is 2.35. The number of halogens is 3. The highest BCUT2D eigenvalue weighted by atomic mass is 19.4. The first-order valence-electron chi connectivity index (χ1n) is 3.98. The van der Waals surface area contributed by atoms with Crippen LogP contribution in [0.1, 0.15) is 5.56 Å². The fourth-order valence-corrected chi connectivity index (χ4v) is 0.895. The molecule has 0 bridgehead atoms. The number of carbonyl (C=O) groups is 1. The molecule has 0 heterocycles. The van der Waals surface area contributed by atoms with Crippen LogP contribution in [0, 0.1) is 0 Å². The summed E-state index contributed by atoms with van der Waals surface area (Å²) in [6.45, 7) is 0. The third-order valence-corrected chi connectivity index (χ3v) is 1.58. The van der Waals surface area contributed by atoms with Gasteiger partial charge in [0, 0.05) is 0 Å². The minimum atomic E-state index is -4.85. The lowest BCUT2D eigenvalue weighted by molar-refractivity contribution is -0.165. The van der Waals surface area contributed by atoms with E-state index >= 15 is 0 Å². The average molecular weight is 216 g/mol. The molecule has 0 aliphatic rings. The van der Waals surface area contributed by atoms with Crippen LogP contribution < -0.4 is 0 Å². The summed E-state index contributed by atoms with van der Waals surface area (Å²) in [5.74, 6) is -2.00. The quantitative estimate of drug-likeness (QED) is 0.771. The van der Waals surface area contributed by atoms with Crippen LogP contribution in [0.2, 0.25) is 0 Å². The number of rotatable bonds is 2. The van der Waals surface area contributed by atoms with Gasteiger partial charge in [0.25, 0.3) is 5.78 Å². The number of phenols is 1. The predicted octanol–water partition coefficient (Wildman–Crippen LogP) is 2.54. The van der Waals surface area contributed by atoms with Gasteiger partial charge >= 0.3 is 6.18 Å². The summed E-state index contributed by atoms with van der Waals surface area (Å²) in [6.07, 6.45) is -3.43. The van der Waals surface area contributed by atoms with Crippen LogP contribution in [-0.4, -0.2) is 17.1 Å². The summed E-state index contributed by atoms with van der Waals surface area (Å²) in [6, 6.07) is 5.57. The fraction of sp³-hybridized carbons (Fsp3) is 0.100. The molecular weight excluding hydrogens is 209 g/mol. The highest BCUT2D eigenvalue weighted by molar-refractivity contribution is 5.97. The topological polar surface area (TPSA) is 37.3 Å². The van der Waals surface area contributed by atoms with Gasteiger partial charge < -0.3 is 5.11 Å². The van der Waals surface area contributed by atoms with Crippen molar-refractivity contribution in [2.75, 3.05) is 0 Å². The van der Waals surface area contributed by atoms with Crippen molar-refractivity contribution in [2.24, 2.45) is 0 Å². The van der Waals surface area contributed by atoms with E-state index in [-0.39, 0.29) is 5.75 Å². The second kappa shape index (κ2) is 4.16. The van der Waals surface area contributed by atoms with Crippen molar-refractivity contribution < 1.29 is 23.1 Å². The lowest BCUT2D eigenvalue weighted by Crippen LogP contribution is -2.19. The van der Waals surface area contributed by atoms with Gasteiger partial charge in [-0.2, -0.15) is 13.2 Å². The molecule has 2 nitrogen and oxygen atoms in total. The first kappa shape index (κ1) is 11.3. The van der Waals surface area contributed by atoms with Gasteiger partial charge in [-0.25, -0.2) is 0 Å². The zero-order valence-electron chi connectivity index (χ0n) is 7.45. The molecule has 1 rings (SSSR count). The van der Waals surface area contributed by atoms with Gasteiger partial charge in [0.05, 0.1) is 0 Å². The molecule has 15 heavy (non-hydrogen) atoms. The second-order valence-electron chi connectivity index (χ2n) is 2.79. The minimum absolute atomic E-state index is 0.0726. The van der Waals surface area contributed by atoms with E-state index in [1.54, 1.807) is 0 Å². The highest BCUT2D eigenvalue weighted by Crippen LogP contribution is 2.18. The van der Waals surface area contributed by atoms with E-state index in [0.29, 0.717) is 11.6 Å². The number of phenolic OH excluding ortho intramolecular Hbond substituents is 1. The molecule has 0 amide bonds. The third-order valence-electron chi connectivity index (χ3n) is 1.58. The van der Waals surface area contributed by atoms with Crippen molar-refractivity contribution in [3.63, 3.8) is 0 Å². The third kappa shape index (κ3) is 3.46. The van der Waals surface area contributed by atoms with E-state index in [0.717, 1.165) is 6.08 Å². The van der Waals surface area contributed by atoms with E-state index in [1.807, 2.05) is 0 Å². The Morgan fingerprint density at radius 1 is 1.33 bits per heavy atom. The average Bonchev–Trinajstić information content (AvgIpc) is 2.12. The van der Waals surface area contributed by atoms with E-state index in [2.05, 4.69) is 0 Å². The molecule has 0 aromatic heterocycles. The van der Waals surface area contributed by atoms with E-state index in [4.69, 9.17) is 5.11 Å². The maximum Gasteiger partial charge on any atom is 0.454 e. The van der Waals surface area contributed by atoms with Crippen molar-refractivity contribution in [2.45, 2.75) is 6.18 Å². The van der Waals surface area contributed by atoms with Crippen molar-refractivity contribution in [1.29, 1.82) is 0 Å². The molecule has 0 fully saturated rings. The number of aromatic hydroxyl groups is 1. The molecule has 0 aliphatic heterocycles. The number of ketones is 1. The number of benzene rings is 1. The Hall–Kier alpha value is -1.78. The number of hydrogen-bond acceptors (Lipinski definition) is 2. The molecule has 0 aliphatic carbocycles. The summed E-state index contributed by atoms with van der Waals surface area (Å²) in [5.41, 5.74) is 0.326. The maximum absolute atomic E-state index is 11.8. The van der Waals surface area contributed by atoms with Gasteiger partial charge in [0.2, 0.25) is 0 Å². The molecule has 1 aromatic carbocycles. The van der Waals surface area contributed by atoms with Gasteiger partial charge in [-0.05, 0) is 23.8 Å². The van der Waals surface area contributed by atoms with Gasteiger partial charge in [0.1, 0.15) is 5.75 Å². The van der Waals surface area contributed by atoms with Gasteiger partial charge in [0.15, 0.2) is 0 Å². The molecule has 1 N–H and O–H groups in total. The summed E-state index contributed by atoms with van der Waals surface area (Å²) in [4.78, 5) is 10.4. The Kier molecular flexibility index (Phi) is 3.14. The zero-order valence-corrected chi connectivity index (χ0v) is 7.45. The molecule has 0 spiro atoms. The van der Waals surface area contributed by atoms with E-state index in [9.17, 15) is 18.0 Å². The van der Waals surface area contributed by atoms with Crippen LogP contribution in [0.25, 0.3) is 6.08 Å². The van der Waals surface area contributed by atoms with Crippen LogP contribution in [0.4, 0.5) is 13.2 Å². The molecule has 80 valence electrons. The molecule has 0 radical (unpaired) electrons. The molecule has 0 saturated heterocycles. The first-order chi connectivity index (χ1) is 6.89. The van der Waals surface area contributed by atoms with Crippen LogP contribution in [-0.2, 0) is 4.79 Å². The van der Waals surface area contributed by atoms with Gasteiger partial charge in [-0.15, -0.1) is 0 Å². The van der Waals surface area contributed by atoms with Crippen LogP contribution >= 0.6 is 0 Å². The lowest BCUT2D eigenvalue weighted by atomic mass is 10.2. The Morgan fingerprint density at radius 3 is 2.53 bits per heavy atom. The number of hydrogen-bond donors (Lipinski definition) is 1. The van der Waals surface area contributed by atoms with Crippen molar-refractivity contribution >= 4 is 11.9 Å². The normalized spacial score (nSPS) is 11.9. The molecule has 5 heteroatoms.